The highest BCUT2D eigenvalue weighted by Crippen LogP contribution is 2.32. The lowest BCUT2D eigenvalue weighted by Crippen LogP contribution is -2.26. The van der Waals surface area contributed by atoms with Crippen LogP contribution in [-0.4, -0.2) is 52.0 Å². The number of hydrogen-bond acceptors (Lipinski definition) is 8. The van der Waals surface area contributed by atoms with Crippen molar-refractivity contribution >= 4 is 35.2 Å². The monoisotopic (exact) mass is 627 g/mol. The number of ether oxygens (including phenoxy) is 2. The summed E-state index contributed by atoms with van der Waals surface area (Å²) in [6, 6.07) is 17.7. The molecule has 1 aromatic heterocycles. The molecule has 0 atom stereocenters. The number of carbonyl (C=O) groups is 3. The van der Waals surface area contributed by atoms with Crippen LogP contribution < -0.4 is 15.4 Å². The molecular formula is C30H28F3N5O5S. The number of halogens is 3. The van der Waals surface area contributed by atoms with Crippen LogP contribution in [0, 0.1) is 0 Å². The summed E-state index contributed by atoms with van der Waals surface area (Å²) in [5.41, 5.74) is 0.737. The van der Waals surface area contributed by atoms with Crippen molar-refractivity contribution < 1.29 is 37.0 Å². The lowest BCUT2D eigenvalue weighted by atomic mass is 10.1. The number of thioether (sulfide) groups is 1. The first kappa shape index (κ1) is 32.1. The van der Waals surface area contributed by atoms with Crippen molar-refractivity contribution in [3.05, 3.63) is 95.3 Å². The highest BCUT2D eigenvalue weighted by Gasteiger charge is 2.31. The number of aromatic nitrogens is 3. The molecule has 44 heavy (non-hydrogen) atoms. The van der Waals surface area contributed by atoms with Gasteiger partial charge in [0.2, 0.25) is 11.8 Å². The van der Waals surface area contributed by atoms with Gasteiger partial charge in [-0.25, -0.2) is 4.79 Å². The number of hydrogen-bond donors (Lipinski definition) is 2. The third kappa shape index (κ3) is 8.60. The molecule has 0 unspecified atom stereocenters. The van der Waals surface area contributed by atoms with E-state index in [9.17, 15) is 27.6 Å². The Bertz CT molecular complexity index is 1610. The van der Waals surface area contributed by atoms with Crippen molar-refractivity contribution in [1.29, 1.82) is 0 Å². The summed E-state index contributed by atoms with van der Waals surface area (Å²) >= 11 is 0.956. The minimum Gasteiger partial charge on any atom is -0.497 e. The Labute approximate surface area is 255 Å². The van der Waals surface area contributed by atoms with Gasteiger partial charge in [0.25, 0.3) is 0 Å². The number of alkyl halides is 3. The Kier molecular flexibility index (Phi) is 10.6. The molecule has 4 rings (SSSR count). The molecule has 3 aromatic carbocycles. The van der Waals surface area contributed by atoms with Gasteiger partial charge in [0.1, 0.15) is 5.75 Å². The minimum absolute atomic E-state index is 0.0598. The standard InChI is InChI=1S/C30H28F3N5O5S/c1-3-43-28(41)20-9-11-22(12-10-20)35-27(40)18-44-29-37-36-25(38(29)23-6-4-5-21(16-23)30(31,32)33)17-34-26(39)15-19-7-13-24(42-2)14-8-19/h4-14,16H,3,15,17-18H2,1-2H3,(H,34,39)(H,35,40). The first-order valence-electron chi connectivity index (χ1n) is 13.3. The van der Waals surface area contributed by atoms with Crippen LogP contribution in [0.3, 0.4) is 0 Å². The molecule has 1 heterocycles. The maximum Gasteiger partial charge on any atom is 0.416 e. The summed E-state index contributed by atoms with van der Waals surface area (Å²) in [4.78, 5) is 37.1. The van der Waals surface area contributed by atoms with Crippen molar-refractivity contribution in [2.45, 2.75) is 31.2 Å². The zero-order valence-corrected chi connectivity index (χ0v) is 24.5. The summed E-state index contributed by atoms with van der Waals surface area (Å²) in [6.07, 6.45) is -4.53. The number of nitrogens with one attached hydrogen (secondary N) is 2. The van der Waals surface area contributed by atoms with E-state index in [4.69, 9.17) is 9.47 Å². The average Bonchev–Trinajstić information content (AvgIpc) is 3.42. The van der Waals surface area contributed by atoms with E-state index in [1.165, 1.54) is 35.9 Å². The van der Waals surface area contributed by atoms with Gasteiger partial charge in [0.15, 0.2) is 11.0 Å². The minimum atomic E-state index is -4.59. The molecule has 14 heteroatoms. The van der Waals surface area contributed by atoms with E-state index < -0.39 is 23.6 Å². The highest BCUT2D eigenvalue weighted by molar-refractivity contribution is 7.99. The molecule has 0 spiro atoms. The predicted octanol–water partition coefficient (Wildman–Crippen LogP) is 5.06. The Morgan fingerprint density at radius 3 is 2.34 bits per heavy atom. The normalized spacial score (nSPS) is 11.1. The number of methoxy groups -OCH3 is 1. The van der Waals surface area contributed by atoms with Gasteiger partial charge in [-0.2, -0.15) is 13.2 Å². The Hall–Kier alpha value is -4.85. The van der Waals surface area contributed by atoms with E-state index in [0.29, 0.717) is 17.0 Å². The molecule has 2 N–H and O–H groups in total. The summed E-state index contributed by atoms with van der Waals surface area (Å²) in [5.74, 6) is -0.579. The number of anilines is 1. The number of nitrogens with zero attached hydrogens (tertiary/aromatic N) is 3. The molecule has 0 bridgehead atoms. The van der Waals surface area contributed by atoms with Crippen LogP contribution >= 0.6 is 11.8 Å². The molecule has 4 aromatic rings. The van der Waals surface area contributed by atoms with Gasteiger partial charge in [-0.05, 0) is 67.1 Å². The smallest absolute Gasteiger partial charge is 0.416 e. The topological polar surface area (TPSA) is 124 Å². The molecule has 0 radical (unpaired) electrons. The SMILES string of the molecule is CCOC(=O)c1ccc(NC(=O)CSc2nnc(CNC(=O)Cc3ccc(OC)cc3)n2-c2cccc(C(F)(F)F)c2)cc1. The molecule has 10 nitrogen and oxygen atoms in total. The maximum atomic E-state index is 13.5. The molecule has 2 amide bonds. The van der Waals surface area contributed by atoms with Crippen LogP contribution in [0.5, 0.6) is 5.75 Å². The van der Waals surface area contributed by atoms with E-state index in [-0.39, 0.29) is 47.9 Å². The van der Waals surface area contributed by atoms with Crippen molar-refractivity contribution in [1.82, 2.24) is 20.1 Å². The second kappa shape index (κ2) is 14.6. The molecule has 0 saturated heterocycles. The summed E-state index contributed by atoms with van der Waals surface area (Å²) < 4.78 is 51.9. The second-order valence-electron chi connectivity index (χ2n) is 9.22. The lowest BCUT2D eigenvalue weighted by molar-refractivity contribution is -0.137. The zero-order valence-electron chi connectivity index (χ0n) is 23.7. The van der Waals surface area contributed by atoms with Crippen LogP contribution in [0.2, 0.25) is 0 Å². The van der Waals surface area contributed by atoms with Gasteiger partial charge in [0.05, 0.1) is 49.2 Å². The number of esters is 1. The Morgan fingerprint density at radius 2 is 1.68 bits per heavy atom. The zero-order chi connectivity index (χ0) is 31.7. The summed E-state index contributed by atoms with van der Waals surface area (Å²) in [5, 5.41) is 13.8. The van der Waals surface area contributed by atoms with Gasteiger partial charge in [0, 0.05) is 5.69 Å². The van der Waals surface area contributed by atoms with Crippen molar-refractivity contribution in [3.8, 4) is 11.4 Å². The molecule has 0 saturated carbocycles. The quantitative estimate of drug-likeness (QED) is 0.165. The Balaban J connectivity index is 1.48. The summed E-state index contributed by atoms with van der Waals surface area (Å²) in [7, 11) is 1.54. The summed E-state index contributed by atoms with van der Waals surface area (Å²) in [6.45, 7) is 1.80. The van der Waals surface area contributed by atoms with Gasteiger partial charge >= 0.3 is 12.1 Å². The average molecular weight is 628 g/mol. The van der Waals surface area contributed by atoms with E-state index in [1.54, 1.807) is 43.3 Å². The van der Waals surface area contributed by atoms with Crippen LogP contribution in [0.25, 0.3) is 5.69 Å². The van der Waals surface area contributed by atoms with Crippen molar-refractivity contribution in [2.75, 3.05) is 24.8 Å². The van der Waals surface area contributed by atoms with Gasteiger partial charge in [-0.1, -0.05) is 30.0 Å². The first-order chi connectivity index (χ1) is 21.1. The highest BCUT2D eigenvalue weighted by atomic mass is 32.2. The van der Waals surface area contributed by atoms with Gasteiger partial charge in [-0.3, -0.25) is 14.2 Å². The fourth-order valence-electron chi connectivity index (χ4n) is 3.99. The molecule has 230 valence electrons. The van der Waals surface area contributed by atoms with E-state index >= 15 is 0 Å². The lowest BCUT2D eigenvalue weighted by Gasteiger charge is -2.13. The van der Waals surface area contributed by atoms with Crippen molar-refractivity contribution in [2.24, 2.45) is 0 Å². The third-order valence-corrected chi connectivity index (χ3v) is 7.04. The maximum absolute atomic E-state index is 13.5. The predicted molar refractivity (Wildman–Crippen MR) is 157 cm³/mol. The van der Waals surface area contributed by atoms with Crippen LogP contribution in [-0.2, 0) is 33.5 Å². The fraction of sp³-hybridized carbons (Fsp3) is 0.233. The molecule has 0 aliphatic carbocycles. The van der Waals surface area contributed by atoms with E-state index in [2.05, 4.69) is 20.8 Å². The van der Waals surface area contributed by atoms with E-state index in [0.717, 1.165) is 29.5 Å². The van der Waals surface area contributed by atoms with Gasteiger partial charge < -0.3 is 20.1 Å². The molecule has 0 aliphatic rings. The second-order valence-corrected chi connectivity index (χ2v) is 10.2. The number of benzene rings is 3. The first-order valence-corrected chi connectivity index (χ1v) is 14.3. The van der Waals surface area contributed by atoms with E-state index in [1.807, 2.05) is 0 Å². The number of amides is 2. The molecule has 0 aliphatic heterocycles. The molecular weight excluding hydrogens is 599 g/mol. The van der Waals surface area contributed by atoms with Crippen LogP contribution in [0.4, 0.5) is 18.9 Å². The number of rotatable bonds is 12. The van der Waals surface area contributed by atoms with Crippen LogP contribution in [0.1, 0.15) is 34.2 Å². The largest absolute Gasteiger partial charge is 0.497 e. The Morgan fingerprint density at radius 1 is 0.955 bits per heavy atom. The van der Waals surface area contributed by atoms with Crippen molar-refractivity contribution in [3.63, 3.8) is 0 Å². The fourth-order valence-corrected chi connectivity index (χ4v) is 4.76. The number of carbonyl (C=O) groups excluding carboxylic acids is 3. The third-order valence-electron chi connectivity index (χ3n) is 6.11. The molecule has 0 fully saturated rings. The van der Waals surface area contributed by atoms with Crippen LogP contribution in [0.15, 0.2) is 78.0 Å². The van der Waals surface area contributed by atoms with Gasteiger partial charge in [-0.15, -0.1) is 10.2 Å².